The predicted molar refractivity (Wildman–Crippen MR) is 105 cm³/mol. The number of carbonyl (C=O) groups is 1. The van der Waals surface area contributed by atoms with Crippen molar-refractivity contribution in [3.63, 3.8) is 0 Å². The molecule has 4 bridgehead atoms. The van der Waals surface area contributed by atoms with Crippen LogP contribution in [0.3, 0.4) is 0 Å². The summed E-state index contributed by atoms with van der Waals surface area (Å²) in [6.45, 7) is 4.68. The van der Waals surface area contributed by atoms with E-state index in [1.54, 1.807) is 0 Å². The van der Waals surface area contributed by atoms with Gasteiger partial charge < -0.3 is 5.32 Å². The molecule has 140 valence electrons. The minimum absolute atomic E-state index is 0.0190. The van der Waals surface area contributed by atoms with Crippen molar-refractivity contribution < 1.29 is 4.79 Å². The minimum Gasteiger partial charge on any atom is -0.317 e. The van der Waals surface area contributed by atoms with E-state index in [1.165, 1.54) is 44.1 Å². The van der Waals surface area contributed by atoms with Gasteiger partial charge in [-0.2, -0.15) is 0 Å². The topological polar surface area (TPSA) is 29.1 Å². The van der Waals surface area contributed by atoms with Gasteiger partial charge in [0, 0.05) is 11.8 Å². The third kappa shape index (κ3) is 2.68. The van der Waals surface area contributed by atoms with Crippen LogP contribution in [0.4, 0.5) is 0 Å². The highest BCUT2D eigenvalue weighted by Crippen LogP contribution is 2.70. The molecule has 4 atom stereocenters. The zero-order chi connectivity index (χ0) is 17.8. The molecule has 2 heteroatoms. The lowest BCUT2D eigenvalue weighted by Gasteiger charge is -2.66. The highest BCUT2D eigenvalue weighted by molar-refractivity contribution is 5.86. The summed E-state index contributed by atoms with van der Waals surface area (Å²) in [5.41, 5.74) is 2.13. The molecule has 2 unspecified atom stereocenters. The van der Waals surface area contributed by atoms with Crippen molar-refractivity contribution in [3.05, 3.63) is 35.9 Å². The van der Waals surface area contributed by atoms with Crippen molar-refractivity contribution in [2.45, 2.75) is 70.1 Å². The zero-order valence-corrected chi connectivity index (χ0v) is 16.2. The number of ketones is 1. The highest BCUT2D eigenvalue weighted by atomic mass is 16.1. The number of Topliss-reactive ketones (excluding diaryl/α,β-unsaturated/α-hetero) is 1. The fourth-order valence-electron chi connectivity index (χ4n) is 7.91. The van der Waals surface area contributed by atoms with Crippen molar-refractivity contribution >= 4 is 5.78 Å². The summed E-state index contributed by atoms with van der Waals surface area (Å²) in [6.07, 6.45) is 10.6. The molecule has 0 aromatic heterocycles. The average molecular weight is 352 g/mol. The molecular weight excluding hydrogens is 318 g/mol. The molecule has 1 aromatic rings. The number of benzene rings is 1. The number of nitrogens with one attached hydrogen (secondary N) is 1. The smallest absolute Gasteiger partial charge is 0.139 e. The first-order chi connectivity index (χ1) is 12.5. The molecular formula is C24H33NO. The van der Waals surface area contributed by atoms with E-state index in [0.717, 1.165) is 38.3 Å². The summed E-state index contributed by atoms with van der Waals surface area (Å²) in [4.78, 5) is 13.7. The Kier molecular flexibility index (Phi) is 3.87. The Hall–Kier alpha value is -1.15. The first-order valence-corrected chi connectivity index (χ1v) is 10.8. The minimum atomic E-state index is -0.0190. The van der Waals surface area contributed by atoms with Crippen LogP contribution >= 0.6 is 0 Å². The number of hydrogen-bond acceptors (Lipinski definition) is 2. The van der Waals surface area contributed by atoms with Crippen LogP contribution in [0.1, 0.15) is 70.3 Å². The molecule has 0 spiro atoms. The summed E-state index contributed by atoms with van der Waals surface area (Å²) in [6, 6.07) is 11.2. The Labute approximate surface area is 158 Å². The molecule has 1 saturated heterocycles. The molecule has 4 aliphatic carbocycles. The molecule has 0 amide bonds. The zero-order valence-electron chi connectivity index (χ0n) is 16.2. The van der Waals surface area contributed by atoms with Crippen LogP contribution in [0.25, 0.3) is 0 Å². The lowest BCUT2D eigenvalue weighted by atomic mass is 9.38. The normalized spacial score (nSPS) is 42.1. The van der Waals surface area contributed by atoms with E-state index in [9.17, 15) is 4.79 Å². The Morgan fingerprint density at radius 2 is 1.81 bits per heavy atom. The molecule has 6 rings (SSSR count). The summed E-state index contributed by atoms with van der Waals surface area (Å²) < 4.78 is 0. The van der Waals surface area contributed by atoms with Crippen molar-refractivity contribution in [3.8, 4) is 0 Å². The van der Waals surface area contributed by atoms with E-state index in [-0.39, 0.29) is 10.8 Å². The van der Waals surface area contributed by atoms with Gasteiger partial charge in [0.15, 0.2) is 0 Å². The van der Waals surface area contributed by atoms with Gasteiger partial charge in [-0.15, -0.1) is 0 Å². The van der Waals surface area contributed by atoms with E-state index in [1.807, 2.05) is 0 Å². The van der Waals surface area contributed by atoms with Gasteiger partial charge >= 0.3 is 0 Å². The largest absolute Gasteiger partial charge is 0.317 e. The number of rotatable bonds is 4. The van der Waals surface area contributed by atoms with Gasteiger partial charge in [0.25, 0.3) is 0 Å². The Morgan fingerprint density at radius 1 is 1.04 bits per heavy atom. The van der Waals surface area contributed by atoms with Gasteiger partial charge in [0.2, 0.25) is 0 Å². The van der Waals surface area contributed by atoms with E-state index >= 15 is 0 Å². The lowest BCUT2D eigenvalue weighted by molar-refractivity contribution is -0.159. The second-order valence-corrected chi connectivity index (χ2v) is 10.6. The molecule has 4 saturated carbocycles. The number of hydrogen-bond donors (Lipinski definition) is 1. The van der Waals surface area contributed by atoms with Gasteiger partial charge in [0.1, 0.15) is 5.78 Å². The second kappa shape index (κ2) is 5.92. The maximum atomic E-state index is 13.7. The maximum Gasteiger partial charge on any atom is 0.139 e. The fraction of sp³-hybridized carbons (Fsp3) is 0.708. The van der Waals surface area contributed by atoms with Crippen molar-refractivity contribution in [2.24, 2.45) is 22.7 Å². The monoisotopic (exact) mass is 351 g/mol. The number of piperidine rings is 1. The van der Waals surface area contributed by atoms with Crippen LogP contribution in [0, 0.1) is 22.7 Å². The first-order valence-electron chi connectivity index (χ1n) is 10.8. The lowest BCUT2D eigenvalue weighted by Crippen LogP contribution is -2.60. The summed E-state index contributed by atoms with van der Waals surface area (Å²) in [5.74, 6) is 2.01. The third-order valence-electron chi connectivity index (χ3n) is 8.26. The van der Waals surface area contributed by atoms with Crippen LogP contribution in [-0.2, 0) is 10.2 Å². The Bertz CT molecular complexity index is 693. The third-order valence-corrected chi connectivity index (χ3v) is 8.26. The van der Waals surface area contributed by atoms with Crippen molar-refractivity contribution in [2.75, 3.05) is 13.1 Å². The van der Waals surface area contributed by atoms with Crippen LogP contribution in [0.15, 0.2) is 30.3 Å². The molecule has 26 heavy (non-hydrogen) atoms. The van der Waals surface area contributed by atoms with E-state index in [2.05, 4.69) is 42.6 Å². The van der Waals surface area contributed by atoms with Crippen molar-refractivity contribution in [1.29, 1.82) is 0 Å². The van der Waals surface area contributed by atoms with Gasteiger partial charge in [-0.25, -0.2) is 0 Å². The molecule has 1 aliphatic heterocycles. The molecule has 1 N–H and O–H groups in total. The Balaban J connectivity index is 1.46. The predicted octanol–water partition coefficient (Wildman–Crippen LogP) is 4.87. The average Bonchev–Trinajstić information content (AvgIpc) is 2.61. The van der Waals surface area contributed by atoms with E-state index in [4.69, 9.17) is 0 Å². The van der Waals surface area contributed by atoms with Crippen LogP contribution in [0.5, 0.6) is 0 Å². The van der Waals surface area contributed by atoms with Crippen LogP contribution in [-0.4, -0.2) is 18.9 Å². The molecule has 1 aromatic carbocycles. The van der Waals surface area contributed by atoms with E-state index in [0.29, 0.717) is 17.1 Å². The quantitative estimate of drug-likeness (QED) is 0.838. The van der Waals surface area contributed by atoms with Gasteiger partial charge in [-0.1, -0.05) is 37.3 Å². The molecule has 5 aliphatic rings. The second-order valence-electron chi connectivity index (χ2n) is 10.6. The number of carbonyl (C=O) groups excluding carboxylic acids is 1. The molecule has 2 nitrogen and oxygen atoms in total. The summed E-state index contributed by atoms with van der Waals surface area (Å²) in [5, 5.41) is 3.45. The molecule has 1 heterocycles. The fourth-order valence-corrected chi connectivity index (χ4v) is 7.91. The van der Waals surface area contributed by atoms with Crippen LogP contribution in [0.2, 0.25) is 0 Å². The molecule has 5 fully saturated rings. The molecule has 0 radical (unpaired) electrons. The van der Waals surface area contributed by atoms with Gasteiger partial charge in [-0.05, 0) is 92.7 Å². The summed E-state index contributed by atoms with van der Waals surface area (Å²) >= 11 is 0. The Morgan fingerprint density at radius 3 is 2.54 bits per heavy atom. The summed E-state index contributed by atoms with van der Waals surface area (Å²) in [7, 11) is 0. The first kappa shape index (κ1) is 17.0. The van der Waals surface area contributed by atoms with Crippen molar-refractivity contribution in [1.82, 2.24) is 5.32 Å². The van der Waals surface area contributed by atoms with Gasteiger partial charge in [-0.3, -0.25) is 4.79 Å². The highest BCUT2D eigenvalue weighted by Gasteiger charge is 2.64. The maximum absolute atomic E-state index is 13.7. The van der Waals surface area contributed by atoms with Crippen LogP contribution < -0.4 is 5.32 Å². The van der Waals surface area contributed by atoms with E-state index < -0.39 is 0 Å². The SMILES string of the molecule is C[C@]12CC3CC(C(=O)CC4CCNCC4)(C1)C[C@@](c1ccccc1)(C3)C2. The van der Waals surface area contributed by atoms with Gasteiger partial charge in [0.05, 0.1) is 0 Å². The standard InChI is InChI=1S/C24H33NO/c1-22-12-19-13-23(15-22,20-5-3-2-4-6-20)17-24(14-19,16-22)21(26)11-18-7-9-25-10-8-18/h2-6,18-19,25H,7-17H2,1H3/t19?,22-,23-,24?/m1/s1.